The zero-order chi connectivity index (χ0) is 52.7. The zero-order valence-electron chi connectivity index (χ0n) is 42.2. The lowest BCUT2D eigenvalue weighted by Crippen LogP contribution is -2.58. The molecule has 4 amide bonds. The van der Waals surface area contributed by atoms with Crippen LogP contribution in [0.25, 0.3) is 0 Å². The fourth-order valence-corrected chi connectivity index (χ4v) is 11.2. The molecule has 4 aromatic rings. The molecule has 1 spiro atoms. The number of carbonyl (C=O) groups is 7. The minimum Gasteiger partial charge on any atom is -0.491 e. The third kappa shape index (κ3) is 9.83. The first kappa shape index (κ1) is 52.8. The first-order valence-electron chi connectivity index (χ1n) is 25.0. The smallest absolute Gasteiger partial charge is 0.329 e. The van der Waals surface area contributed by atoms with Gasteiger partial charge in [-0.05, 0) is 59.7 Å². The molecule has 0 bridgehead atoms. The third-order valence-electron chi connectivity index (χ3n) is 14.6. The monoisotopic (exact) mass is 1010 g/mol. The molecule has 17 heteroatoms. The maximum Gasteiger partial charge on any atom is 0.329 e. The number of aliphatic hydroxyl groups is 1. The molecular weight excluding hydrogens is 949 g/mol. The van der Waals surface area contributed by atoms with Crippen molar-refractivity contribution in [2.75, 3.05) is 52.5 Å². The molecule has 7 atom stereocenters. The quantitative estimate of drug-likeness (QED) is 0.0670. The van der Waals surface area contributed by atoms with Crippen LogP contribution >= 0.6 is 0 Å². The maximum absolute atomic E-state index is 16.9. The normalized spacial score (nSPS) is 22.8. The second kappa shape index (κ2) is 23.1. The number of imide groups is 1. The summed E-state index contributed by atoms with van der Waals surface area (Å²) in [6.07, 6.45) is 2.70. The predicted molar refractivity (Wildman–Crippen MR) is 269 cm³/mol. The molecule has 3 saturated heterocycles. The highest BCUT2D eigenvalue weighted by atomic mass is 16.6. The van der Waals surface area contributed by atoms with Crippen LogP contribution in [0.1, 0.15) is 98.4 Å². The van der Waals surface area contributed by atoms with Crippen molar-refractivity contribution in [3.05, 3.63) is 131 Å². The van der Waals surface area contributed by atoms with Gasteiger partial charge in [0.05, 0.1) is 51.6 Å². The summed E-state index contributed by atoms with van der Waals surface area (Å²) in [6, 6.07) is 24.3. The van der Waals surface area contributed by atoms with E-state index in [2.05, 4.69) is 17.2 Å². The Bertz CT molecular complexity index is 2790. The van der Waals surface area contributed by atoms with Gasteiger partial charge in [0.2, 0.25) is 11.8 Å². The van der Waals surface area contributed by atoms with Gasteiger partial charge in [-0.3, -0.25) is 28.9 Å². The van der Waals surface area contributed by atoms with E-state index in [1.54, 1.807) is 55.1 Å². The van der Waals surface area contributed by atoms with Crippen LogP contribution in [0, 0.1) is 29.6 Å². The highest BCUT2D eigenvalue weighted by Crippen LogP contribution is 2.67. The fraction of sp³-hybridized carbons (Fsp3) is 0.421. The van der Waals surface area contributed by atoms with Crippen LogP contribution in [0.2, 0.25) is 0 Å². The average Bonchev–Trinajstić information content (AvgIpc) is 3.87. The molecule has 0 radical (unpaired) electrons. The predicted octanol–water partition coefficient (Wildman–Crippen LogP) is 6.13. The molecule has 4 aromatic carbocycles. The van der Waals surface area contributed by atoms with Crippen LogP contribution in [0.5, 0.6) is 5.75 Å². The number of esters is 4. The summed E-state index contributed by atoms with van der Waals surface area (Å²) in [5.74, 6) is -1.93. The second-order valence-electron chi connectivity index (χ2n) is 19.1. The summed E-state index contributed by atoms with van der Waals surface area (Å²) in [5.41, 5.74) is -0.0559. The Morgan fingerprint density at radius 2 is 1.38 bits per heavy atom. The molecule has 0 saturated carbocycles. The molecule has 2 N–H and O–H groups in total. The third-order valence-corrected chi connectivity index (χ3v) is 14.6. The number of nitrogens with one attached hydrogen (secondary N) is 1. The second-order valence-corrected chi connectivity index (χ2v) is 19.1. The number of ether oxygens (including phenoxy) is 5. The van der Waals surface area contributed by atoms with Crippen molar-refractivity contribution in [3.63, 3.8) is 0 Å². The van der Waals surface area contributed by atoms with Gasteiger partial charge in [-0.25, -0.2) is 14.5 Å². The van der Waals surface area contributed by atoms with Crippen molar-refractivity contribution in [3.8, 4) is 17.6 Å². The zero-order valence-corrected chi connectivity index (χ0v) is 42.2. The van der Waals surface area contributed by atoms with Gasteiger partial charge in [0.15, 0.2) is 5.92 Å². The number of morpholine rings is 1. The number of carbonyl (C=O) groups excluding carboxylic acids is 7. The summed E-state index contributed by atoms with van der Waals surface area (Å²) < 4.78 is 27.8. The number of rotatable bonds is 13. The number of aliphatic hydroxyl groups excluding tert-OH is 1. The van der Waals surface area contributed by atoms with Gasteiger partial charge >= 0.3 is 29.9 Å². The van der Waals surface area contributed by atoms with Gasteiger partial charge in [-0.15, -0.1) is 0 Å². The van der Waals surface area contributed by atoms with Crippen LogP contribution in [-0.2, 0) is 53.1 Å². The number of methoxy groups -OCH3 is 3. The summed E-state index contributed by atoms with van der Waals surface area (Å²) in [4.78, 5) is 107. The number of nitrogens with zero attached hydrogens (tertiary/aromatic N) is 3. The van der Waals surface area contributed by atoms with Gasteiger partial charge in [0.25, 0.3) is 0 Å². The molecule has 17 nitrogen and oxygen atoms in total. The highest BCUT2D eigenvalue weighted by molar-refractivity contribution is 6.25. The van der Waals surface area contributed by atoms with E-state index in [4.69, 9.17) is 23.7 Å². The number of para-hydroxylation sites is 1. The lowest BCUT2D eigenvalue weighted by molar-refractivity contribution is -0.179. The van der Waals surface area contributed by atoms with Crippen molar-refractivity contribution < 1.29 is 62.4 Å². The summed E-state index contributed by atoms with van der Waals surface area (Å²) in [5, 5.41) is 12.9. The number of cyclic esters (lactones) is 1. The van der Waals surface area contributed by atoms with E-state index in [1.807, 2.05) is 65.6 Å². The molecule has 0 unspecified atom stereocenters. The van der Waals surface area contributed by atoms with Crippen LogP contribution in [0.15, 0.2) is 103 Å². The molecular formula is C57H62N4O13. The van der Waals surface area contributed by atoms with Crippen molar-refractivity contribution >= 4 is 47.4 Å². The Kier molecular flexibility index (Phi) is 16.5. The lowest BCUT2D eigenvalue weighted by atomic mass is 9.64. The number of anilines is 1. The first-order valence-corrected chi connectivity index (χ1v) is 25.0. The SMILES string of the molecule is COC(=O)C(CC#Cc1ccc2c(c1)[C@]1(C(=O)N2C(=O)N[C@H](C(=O)OC)C(C)C)[C@H](C(=O)N2CCCCCCC2)[C@H]2C(=O)O[C@H](c3ccccc3)[C@H](c3ccccc3)N2[C@@H]1c1ccccc1OCCO)C(=O)OC. The largest absolute Gasteiger partial charge is 0.491 e. The van der Waals surface area contributed by atoms with E-state index in [0.29, 0.717) is 42.6 Å². The molecule has 0 aliphatic carbocycles. The highest BCUT2D eigenvalue weighted by Gasteiger charge is 2.76. The number of amides is 4. The fourth-order valence-electron chi connectivity index (χ4n) is 11.2. The standard InChI is InChI=1S/C57H62N4O13/c1-35(2)45(53(66)72-5)58-56(69)60-42-29-28-36(20-19-26-40(51(64)70-3)52(65)71-4)34-41(42)57(55(60)68)44(50(63)59-30-17-7-6-8-18-31-59)47-54(67)74-48(38-23-13-10-14-24-38)46(37-21-11-9-12-22-37)61(47)49(57)39-25-15-16-27-43(39)73-33-32-62/h9-16,21-25,27-29,34-35,40,44-49,62H,6-8,17-18,26,30-33H2,1-5H3,(H,58,69)/t44-,45-,46-,47-,48+,49+,57-/m0/s1. The molecule has 4 aliphatic heterocycles. The minimum atomic E-state index is -2.20. The van der Waals surface area contributed by atoms with Gasteiger partial charge in [-0.1, -0.05) is 124 Å². The lowest BCUT2D eigenvalue weighted by Gasteiger charge is -2.46. The molecule has 4 aliphatic rings. The molecule has 388 valence electrons. The van der Waals surface area contributed by atoms with Gasteiger partial charge < -0.3 is 39.0 Å². The Balaban J connectivity index is 1.48. The average molecular weight is 1010 g/mol. The van der Waals surface area contributed by atoms with E-state index >= 15 is 19.2 Å². The topological polar surface area (TPSA) is 208 Å². The van der Waals surface area contributed by atoms with Crippen molar-refractivity contribution in [2.45, 2.75) is 88.1 Å². The van der Waals surface area contributed by atoms with Crippen molar-refractivity contribution in [1.29, 1.82) is 0 Å². The summed E-state index contributed by atoms with van der Waals surface area (Å²) >= 11 is 0. The van der Waals surface area contributed by atoms with Crippen LogP contribution < -0.4 is 15.0 Å². The Morgan fingerprint density at radius 1 is 0.770 bits per heavy atom. The van der Waals surface area contributed by atoms with E-state index in [9.17, 15) is 19.5 Å². The van der Waals surface area contributed by atoms with E-state index < -0.39 is 95.2 Å². The Morgan fingerprint density at radius 3 is 2.00 bits per heavy atom. The van der Waals surface area contributed by atoms with E-state index in [0.717, 1.165) is 38.4 Å². The maximum atomic E-state index is 16.9. The number of hydrogen-bond donors (Lipinski definition) is 2. The summed E-state index contributed by atoms with van der Waals surface area (Å²) in [6.45, 7) is 3.55. The molecule has 0 aromatic heterocycles. The molecule has 8 rings (SSSR count). The number of fused-ring (bicyclic) bond motifs is 3. The number of likely N-dealkylation sites (tertiary alicyclic amines) is 1. The van der Waals surface area contributed by atoms with E-state index in [-0.39, 0.29) is 42.2 Å². The Hall–Kier alpha value is -7.55. The number of urea groups is 1. The van der Waals surface area contributed by atoms with Gasteiger partial charge in [0, 0.05) is 30.6 Å². The number of hydrogen-bond acceptors (Lipinski definition) is 14. The molecule has 3 fully saturated rings. The summed E-state index contributed by atoms with van der Waals surface area (Å²) in [7, 11) is 3.48. The van der Waals surface area contributed by atoms with Crippen LogP contribution in [0.3, 0.4) is 0 Å². The molecule has 74 heavy (non-hydrogen) atoms. The first-order chi connectivity index (χ1) is 35.8. The van der Waals surface area contributed by atoms with Crippen molar-refractivity contribution in [1.82, 2.24) is 15.1 Å². The van der Waals surface area contributed by atoms with Crippen molar-refractivity contribution in [2.24, 2.45) is 17.8 Å². The van der Waals surface area contributed by atoms with Crippen LogP contribution in [0.4, 0.5) is 10.5 Å². The Labute approximate surface area is 430 Å². The van der Waals surface area contributed by atoms with Gasteiger partial charge in [-0.2, -0.15) is 0 Å². The number of benzene rings is 4. The van der Waals surface area contributed by atoms with Crippen LogP contribution in [-0.4, -0.2) is 116 Å². The van der Waals surface area contributed by atoms with Gasteiger partial charge in [0.1, 0.15) is 36.0 Å². The minimum absolute atomic E-state index is 0.0423. The molecule has 4 heterocycles. The van der Waals surface area contributed by atoms with E-state index in [1.165, 1.54) is 13.2 Å².